The van der Waals surface area contributed by atoms with Crippen LogP contribution >= 0.6 is 11.6 Å². The van der Waals surface area contributed by atoms with Crippen LogP contribution in [0.25, 0.3) is 0 Å². The molecular weight excluding hydrogens is 366 g/mol. The molecule has 1 heterocycles. The predicted octanol–water partition coefficient (Wildman–Crippen LogP) is 2.95. The molecule has 1 aliphatic carbocycles. The lowest BCUT2D eigenvalue weighted by atomic mass is 9.85. The summed E-state index contributed by atoms with van der Waals surface area (Å²) < 4.78 is 5.38. The van der Waals surface area contributed by atoms with Gasteiger partial charge in [0.1, 0.15) is 0 Å². The third-order valence-corrected chi connectivity index (χ3v) is 5.83. The first kappa shape index (κ1) is 20.0. The van der Waals surface area contributed by atoms with Gasteiger partial charge in [0.2, 0.25) is 5.91 Å². The van der Waals surface area contributed by atoms with Crippen molar-refractivity contribution in [3.05, 3.63) is 34.9 Å². The summed E-state index contributed by atoms with van der Waals surface area (Å²) in [6.07, 6.45) is 4.23. The average Bonchev–Trinajstić information content (AvgIpc) is 3.22. The summed E-state index contributed by atoms with van der Waals surface area (Å²) >= 11 is 5.86. The number of rotatable bonds is 5. The van der Waals surface area contributed by atoms with Crippen molar-refractivity contribution < 1.29 is 14.3 Å². The zero-order chi connectivity index (χ0) is 19.2. The molecule has 1 aromatic rings. The molecular formula is C20H28ClN3O3. The van der Waals surface area contributed by atoms with Crippen molar-refractivity contribution in [2.75, 3.05) is 20.3 Å². The number of carbonyl (C=O) groups excluding carboxylic acids is 2. The molecule has 0 radical (unpaired) electrons. The van der Waals surface area contributed by atoms with Crippen molar-refractivity contribution in [2.45, 2.75) is 50.7 Å². The second-order valence-electron chi connectivity index (χ2n) is 7.47. The van der Waals surface area contributed by atoms with E-state index in [1.165, 1.54) is 0 Å². The number of hydrogen-bond donors (Lipinski definition) is 2. The Labute approximate surface area is 165 Å². The summed E-state index contributed by atoms with van der Waals surface area (Å²) in [5.41, 5.74) is 1.00. The van der Waals surface area contributed by atoms with E-state index in [-0.39, 0.29) is 29.9 Å². The van der Waals surface area contributed by atoms with Gasteiger partial charge in [0, 0.05) is 37.2 Å². The topological polar surface area (TPSA) is 70.7 Å². The van der Waals surface area contributed by atoms with Crippen LogP contribution in [-0.2, 0) is 16.1 Å². The van der Waals surface area contributed by atoms with Crippen LogP contribution in [0.3, 0.4) is 0 Å². The molecule has 1 saturated carbocycles. The fourth-order valence-corrected chi connectivity index (χ4v) is 3.93. The van der Waals surface area contributed by atoms with Crippen molar-refractivity contribution in [1.29, 1.82) is 0 Å². The van der Waals surface area contributed by atoms with E-state index in [1.54, 1.807) is 0 Å². The molecule has 6 nitrogen and oxygen atoms in total. The van der Waals surface area contributed by atoms with Crippen LogP contribution in [0.15, 0.2) is 24.3 Å². The molecule has 0 unspecified atom stereocenters. The van der Waals surface area contributed by atoms with Gasteiger partial charge < -0.3 is 20.3 Å². The Bertz CT molecular complexity index is 638. The molecule has 2 N–H and O–H groups in total. The van der Waals surface area contributed by atoms with Gasteiger partial charge in [-0.1, -0.05) is 23.7 Å². The van der Waals surface area contributed by atoms with Crippen LogP contribution in [0.4, 0.5) is 4.79 Å². The third-order valence-electron chi connectivity index (χ3n) is 5.58. The van der Waals surface area contributed by atoms with Crippen LogP contribution < -0.4 is 10.6 Å². The zero-order valence-electron chi connectivity index (χ0n) is 15.7. The lowest BCUT2D eigenvalue weighted by Crippen LogP contribution is -2.46. The molecule has 1 aliphatic heterocycles. The Kier molecular flexibility index (Phi) is 6.96. The largest absolute Gasteiger partial charge is 0.379 e. The Hall–Kier alpha value is -1.79. The van der Waals surface area contributed by atoms with Crippen LogP contribution in [0.2, 0.25) is 5.02 Å². The van der Waals surface area contributed by atoms with Gasteiger partial charge in [0.25, 0.3) is 0 Å². The van der Waals surface area contributed by atoms with E-state index in [0.717, 1.165) is 44.3 Å². The Morgan fingerprint density at radius 3 is 2.48 bits per heavy atom. The van der Waals surface area contributed by atoms with E-state index in [0.29, 0.717) is 18.2 Å². The Balaban J connectivity index is 1.37. The highest BCUT2D eigenvalue weighted by Crippen LogP contribution is 2.27. The number of ether oxygens (including phenoxy) is 1. The van der Waals surface area contributed by atoms with Gasteiger partial charge in [-0.05, 0) is 49.8 Å². The minimum atomic E-state index is -0.167. The number of amides is 3. The average molecular weight is 394 g/mol. The molecule has 1 aromatic carbocycles. The fourth-order valence-electron chi connectivity index (χ4n) is 3.80. The third kappa shape index (κ3) is 5.59. The highest BCUT2D eigenvalue weighted by atomic mass is 35.5. The minimum Gasteiger partial charge on any atom is -0.379 e. The van der Waals surface area contributed by atoms with Crippen molar-refractivity contribution >= 4 is 23.5 Å². The first-order valence-corrected chi connectivity index (χ1v) is 10.0. The van der Waals surface area contributed by atoms with Crippen molar-refractivity contribution in [2.24, 2.45) is 5.92 Å². The maximum absolute atomic E-state index is 12.7. The number of nitrogens with zero attached hydrogens (tertiary/aromatic N) is 1. The SMILES string of the molecule is CN(C(=O)C1CCC(NC(=O)NCc2ccc(Cl)cc2)CC1)[C@@H]1CCOC1. The van der Waals surface area contributed by atoms with Crippen LogP contribution in [0.5, 0.6) is 0 Å². The first-order chi connectivity index (χ1) is 13.0. The van der Waals surface area contributed by atoms with E-state index >= 15 is 0 Å². The van der Waals surface area contributed by atoms with Crippen LogP contribution in [0, 0.1) is 5.92 Å². The number of carbonyl (C=O) groups is 2. The highest BCUT2D eigenvalue weighted by Gasteiger charge is 2.32. The van der Waals surface area contributed by atoms with Gasteiger partial charge in [0.15, 0.2) is 0 Å². The maximum atomic E-state index is 12.7. The predicted molar refractivity (Wildman–Crippen MR) is 105 cm³/mol. The molecule has 3 rings (SSSR count). The Morgan fingerprint density at radius 1 is 1.15 bits per heavy atom. The summed E-state index contributed by atoms with van der Waals surface area (Å²) in [7, 11) is 1.89. The number of benzene rings is 1. The van der Waals surface area contributed by atoms with E-state index in [2.05, 4.69) is 10.6 Å². The molecule has 0 bridgehead atoms. The maximum Gasteiger partial charge on any atom is 0.315 e. The smallest absolute Gasteiger partial charge is 0.315 e. The highest BCUT2D eigenvalue weighted by molar-refractivity contribution is 6.30. The second-order valence-corrected chi connectivity index (χ2v) is 7.91. The number of hydrogen-bond acceptors (Lipinski definition) is 3. The molecule has 1 saturated heterocycles. The van der Waals surface area contributed by atoms with Gasteiger partial charge in [-0.25, -0.2) is 4.79 Å². The number of nitrogens with one attached hydrogen (secondary N) is 2. The van der Waals surface area contributed by atoms with Gasteiger partial charge in [0.05, 0.1) is 12.6 Å². The second kappa shape index (κ2) is 9.42. The molecule has 0 aromatic heterocycles. The van der Waals surface area contributed by atoms with Gasteiger partial charge in [-0.3, -0.25) is 4.79 Å². The van der Waals surface area contributed by atoms with E-state index in [9.17, 15) is 9.59 Å². The Morgan fingerprint density at radius 2 is 1.85 bits per heavy atom. The van der Waals surface area contributed by atoms with Gasteiger partial charge in [-0.2, -0.15) is 0 Å². The van der Waals surface area contributed by atoms with Crippen molar-refractivity contribution in [3.63, 3.8) is 0 Å². The molecule has 0 spiro atoms. The number of halogens is 1. The normalized spacial score (nSPS) is 25.0. The number of urea groups is 1. The lowest BCUT2D eigenvalue weighted by molar-refractivity contribution is -0.137. The van der Waals surface area contributed by atoms with Crippen LogP contribution in [-0.4, -0.2) is 49.2 Å². The first-order valence-electron chi connectivity index (χ1n) is 9.66. The van der Waals surface area contributed by atoms with Gasteiger partial charge in [-0.15, -0.1) is 0 Å². The zero-order valence-corrected chi connectivity index (χ0v) is 16.5. The summed E-state index contributed by atoms with van der Waals surface area (Å²) in [5.74, 6) is 0.280. The van der Waals surface area contributed by atoms with Gasteiger partial charge >= 0.3 is 6.03 Å². The summed E-state index contributed by atoms with van der Waals surface area (Å²) in [5, 5.41) is 6.58. The molecule has 1 atom stereocenters. The summed E-state index contributed by atoms with van der Waals surface area (Å²) in [6.45, 7) is 1.85. The summed E-state index contributed by atoms with van der Waals surface area (Å²) in [6, 6.07) is 7.58. The van der Waals surface area contributed by atoms with E-state index < -0.39 is 0 Å². The fraction of sp³-hybridized carbons (Fsp3) is 0.600. The molecule has 27 heavy (non-hydrogen) atoms. The van der Waals surface area contributed by atoms with Crippen molar-refractivity contribution in [1.82, 2.24) is 15.5 Å². The number of likely N-dealkylation sites (N-methyl/N-ethyl adjacent to an activating group) is 1. The van der Waals surface area contributed by atoms with Crippen LogP contribution in [0.1, 0.15) is 37.7 Å². The molecule has 3 amide bonds. The molecule has 2 fully saturated rings. The van der Waals surface area contributed by atoms with E-state index in [4.69, 9.17) is 16.3 Å². The molecule has 7 heteroatoms. The lowest BCUT2D eigenvalue weighted by Gasteiger charge is -2.32. The minimum absolute atomic E-state index is 0.0609. The van der Waals surface area contributed by atoms with E-state index in [1.807, 2.05) is 36.2 Å². The quantitative estimate of drug-likeness (QED) is 0.807. The standard InChI is InChI=1S/C20H28ClN3O3/c1-24(18-10-11-27-13-18)19(25)15-4-8-17(9-5-15)23-20(26)22-12-14-2-6-16(21)7-3-14/h2-3,6-7,15,17-18H,4-5,8-13H2,1H3,(H2,22,23,26)/t15?,17?,18-/m1/s1. The summed E-state index contributed by atoms with van der Waals surface area (Å²) in [4.78, 5) is 26.6. The molecule has 148 valence electrons. The monoisotopic (exact) mass is 393 g/mol. The molecule has 2 aliphatic rings. The van der Waals surface area contributed by atoms with Crippen molar-refractivity contribution in [3.8, 4) is 0 Å².